The highest BCUT2D eigenvalue weighted by atomic mass is 16.7. The zero-order valence-electron chi connectivity index (χ0n) is 19.2. The Morgan fingerprint density at radius 3 is 2.26 bits per heavy atom. The number of hydrogen-bond acceptors (Lipinski definition) is 8. The van der Waals surface area contributed by atoms with Crippen LogP contribution in [0.5, 0.6) is 28.7 Å². The molecule has 1 amide bonds. The number of carbonyl (C=O) groups excluding carboxylic acids is 2. The van der Waals surface area contributed by atoms with Crippen molar-refractivity contribution >= 4 is 12.2 Å². The van der Waals surface area contributed by atoms with Gasteiger partial charge in [-0.1, -0.05) is 6.58 Å². The minimum atomic E-state index is -0.595. The van der Waals surface area contributed by atoms with E-state index in [-0.39, 0.29) is 36.6 Å². The maximum Gasteiger partial charge on any atom is 0.243 e. The van der Waals surface area contributed by atoms with Gasteiger partial charge in [-0.3, -0.25) is 4.79 Å². The molecule has 0 fully saturated rings. The third-order valence-electron chi connectivity index (χ3n) is 6.42. The molecule has 2 N–H and O–H groups in total. The number of phenols is 1. The van der Waals surface area contributed by atoms with E-state index >= 15 is 0 Å². The fourth-order valence-corrected chi connectivity index (χ4v) is 4.89. The van der Waals surface area contributed by atoms with Crippen molar-refractivity contribution in [2.75, 3.05) is 34.7 Å². The van der Waals surface area contributed by atoms with E-state index in [0.717, 1.165) is 17.4 Å². The molecule has 0 bridgehead atoms. The Kier molecular flexibility index (Phi) is 6.65. The molecule has 1 aliphatic heterocycles. The number of methoxy groups -OCH3 is 3. The second-order valence-corrected chi connectivity index (χ2v) is 8.11. The average molecular weight is 469 g/mol. The second kappa shape index (κ2) is 9.64. The van der Waals surface area contributed by atoms with Crippen molar-refractivity contribution in [3.05, 3.63) is 53.6 Å². The molecule has 9 heteroatoms. The second-order valence-electron chi connectivity index (χ2n) is 8.11. The van der Waals surface area contributed by atoms with Crippen LogP contribution in [0.4, 0.5) is 0 Å². The minimum absolute atomic E-state index is 0.0754. The number of fused-ring (bicyclic) bond motifs is 2. The number of carbonyl (C=O) groups is 2. The SMILES string of the molecule is C=CC(=O)N[C@@H]1c2cc3c(cc2C(c2cc(OC)c(O)c(OC)c2)[C@@H](C=O)[C@@H]1COC)OCO3. The van der Waals surface area contributed by atoms with Gasteiger partial charge < -0.3 is 38.9 Å². The number of hydrogen-bond donors (Lipinski definition) is 2. The molecule has 4 rings (SSSR count). The van der Waals surface area contributed by atoms with E-state index in [1.807, 2.05) is 12.1 Å². The normalized spacial score (nSPS) is 22.4. The van der Waals surface area contributed by atoms with Crippen LogP contribution in [-0.4, -0.2) is 52.0 Å². The van der Waals surface area contributed by atoms with Crippen molar-refractivity contribution in [1.29, 1.82) is 0 Å². The van der Waals surface area contributed by atoms with E-state index in [4.69, 9.17) is 23.7 Å². The van der Waals surface area contributed by atoms with Crippen LogP contribution in [-0.2, 0) is 14.3 Å². The number of nitrogens with one attached hydrogen (secondary N) is 1. The summed E-state index contributed by atoms with van der Waals surface area (Å²) in [6, 6.07) is 6.49. The summed E-state index contributed by atoms with van der Waals surface area (Å²) in [4.78, 5) is 24.9. The van der Waals surface area contributed by atoms with E-state index in [1.54, 1.807) is 19.2 Å². The van der Waals surface area contributed by atoms with Crippen molar-refractivity contribution < 1.29 is 38.4 Å². The van der Waals surface area contributed by atoms with Gasteiger partial charge in [0.05, 0.1) is 26.9 Å². The fraction of sp³-hybridized carbons (Fsp3) is 0.360. The molecule has 2 aromatic carbocycles. The molecule has 180 valence electrons. The summed E-state index contributed by atoms with van der Waals surface area (Å²) < 4.78 is 27.4. The van der Waals surface area contributed by atoms with Gasteiger partial charge in [0.2, 0.25) is 18.4 Å². The Morgan fingerprint density at radius 1 is 1.12 bits per heavy atom. The first-order chi connectivity index (χ1) is 16.5. The van der Waals surface area contributed by atoms with Gasteiger partial charge in [-0.05, 0) is 47.0 Å². The van der Waals surface area contributed by atoms with Gasteiger partial charge in [0.25, 0.3) is 0 Å². The summed E-state index contributed by atoms with van der Waals surface area (Å²) >= 11 is 0. The Morgan fingerprint density at radius 2 is 1.74 bits per heavy atom. The smallest absolute Gasteiger partial charge is 0.243 e. The first kappa shape index (κ1) is 23.4. The molecule has 0 radical (unpaired) electrons. The number of aromatic hydroxyl groups is 1. The predicted octanol–water partition coefficient (Wildman–Crippen LogP) is 2.70. The van der Waals surface area contributed by atoms with Crippen molar-refractivity contribution in [2.45, 2.75) is 12.0 Å². The first-order valence-corrected chi connectivity index (χ1v) is 10.7. The Bertz CT molecular complexity index is 1090. The van der Waals surface area contributed by atoms with Gasteiger partial charge in [-0.2, -0.15) is 0 Å². The maximum absolute atomic E-state index is 12.6. The van der Waals surface area contributed by atoms with E-state index in [0.29, 0.717) is 17.1 Å². The molecule has 34 heavy (non-hydrogen) atoms. The van der Waals surface area contributed by atoms with Gasteiger partial charge in [0, 0.05) is 24.9 Å². The summed E-state index contributed by atoms with van der Waals surface area (Å²) in [7, 11) is 4.43. The summed E-state index contributed by atoms with van der Waals surface area (Å²) in [6.07, 6.45) is 2.06. The van der Waals surface area contributed by atoms with Gasteiger partial charge in [0.15, 0.2) is 23.0 Å². The zero-order valence-corrected chi connectivity index (χ0v) is 19.2. The Labute approximate surface area is 197 Å². The highest BCUT2D eigenvalue weighted by molar-refractivity contribution is 5.87. The van der Waals surface area contributed by atoms with Crippen LogP contribution < -0.4 is 24.3 Å². The van der Waals surface area contributed by atoms with Crippen molar-refractivity contribution in [1.82, 2.24) is 5.32 Å². The molecule has 0 aromatic heterocycles. The molecule has 2 aromatic rings. The first-order valence-electron chi connectivity index (χ1n) is 10.7. The van der Waals surface area contributed by atoms with Crippen LogP contribution in [0.1, 0.15) is 28.7 Å². The van der Waals surface area contributed by atoms with Crippen LogP contribution in [0.3, 0.4) is 0 Å². The summed E-state index contributed by atoms with van der Waals surface area (Å²) in [5, 5.41) is 13.4. The lowest BCUT2D eigenvalue weighted by atomic mass is 9.64. The molecule has 1 unspecified atom stereocenters. The average Bonchev–Trinajstić information content (AvgIpc) is 3.31. The standard InChI is InChI=1S/C25H27NO8/c1-5-22(28)26-24-15-9-19-18(33-12-34-19)8-14(15)23(16(10-27)17(24)11-30-2)13-6-20(31-3)25(29)21(7-13)32-4/h5-10,16-17,23-24,29H,1,11-12H2,2-4H3,(H,26,28)/t16-,17-,23?,24+/m0/s1. The molecule has 9 nitrogen and oxygen atoms in total. The number of ether oxygens (including phenoxy) is 5. The lowest BCUT2D eigenvalue weighted by molar-refractivity contribution is -0.120. The largest absolute Gasteiger partial charge is 0.502 e. The fourth-order valence-electron chi connectivity index (χ4n) is 4.89. The van der Waals surface area contributed by atoms with Crippen LogP contribution in [0.15, 0.2) is 36.9 Å². The van der Waals surface area contributed by atoms with E-state index in [2.05, 4.69) is 11.9 Å². The molecule has 0 spiro atoms. The lowest BCUT2D eigenvalue weighted by Gasteiger charge is -2.42. The molecule has 0 saturated heterocycles. The minimum Gasteiger partial charge on any atom is -0.502 e. The number of aldehydes is 1. The third-order valence-corrected chi connectivity index (χ3v) is 6.42. The third kappa shape index (κ3) is 3.92. The molecule has 1 aliphatic carbocycles. The highest BCUT2D eigenvalue weighted by Gasteiger charge is 2.45. The Balaban J connectivity index is 1.98. The molecule has 4 atom stereocenters. The van der Waals surface area contributed by atoms with Crippen LogP contribution in [0, 0.1) is 11.8 Å². The summed E-state index contributed by atoms with van der Waals surface area (Å²) in [6.45, 7) is 3.84. The van der Waals surface area contributed by atoms with E-state index in [9.17, 15) is 14.7 Å². The van der Waals surface area contributed by atoms with Crippen LogP contribution >= 0.6 is 0 Å². The molecule has 2 aliphatic rings. The lowest BCUT2D eigenvalue weighted by Crippen LogP contribution is -2.44. The number of benzene rings is 2. The van der Waals surface area contributed by atoms with Gasteiger partial charge in [0.1, 0.15) is 6.29 Å². The quantitative estimate of drug-likeness (QED) is 0.448. The van der Waals surface area contributed by atoms with Gasteiger partial charge in [-0.15, -0.1) is 0 Å². The monoisotopic (exact) mass is 469 g/mol. The molecule has 1 heterocycles. The summed E-state index contributed by atoms with van der Waals surface area (Å²) in [5.41, 5.74) is 2.24. The molecular formula is C25H27NO8. The maximum atomic E-state index is 12.6. The van der Waals surface area contributed by atoms with Crippen molar-refractivity contribution in [3.63, 3.8) is 0 Å². The van der Waals surface area contributed by atoms with Crippen LogP contribution in [0.2, 0.25) is 0 Å². The number of amides is 1. The van der Waals surface area contributed by atoms with Crippen LogP contribution in [0.25, 0.3) is 0 Å². The number of rotatable bonds is 8. The Hall–Kier alpha value is -3.72. The highest BCUT2D eigenvalue weighted by Crippen LogP contribution is 2.53. The van der Waals surface area contributed by atoms with Crippen molar-refractivity contribution in [3.8, 4) is 28.7 Å². The van der Waals surface area contributed by atoms with Gasteiger partial charge in [-0.25, -0.2) is 0 Å². The van der Waals surface area contributed by atoms with Crippen molar-refractivity contribution in [2.24, 2.45) is 11.8 Å². The van der Waals surface area contributed by atoms with E-state index in [1.165, 1.54) is 20.3 Å². The molecular weight excluding hydrogens is 442 g/mol. The van der Waals surface area contributed by atoms with Gasteiger partial charge >= 0.3 is 0 Å². The van der Waals surface area contributed by atoms with E-state index < -0.39 is 23.8 Å². The summed E-state index contributed by atoms with van der Waals surface area (Å²) in [5.74, 6) is -0.451. The number of phenolic OH excluding ortho intramolecular Hbond substituents is 1. The zero-order chi connectivity index (χ0) is 24.4. The topological polar surface area (TPSA) is 113 Å². The predicted molar refractivity (Wildman–Crippen MR) is 122 cm³/mol. The molecule has 0 saturated carbocycles.